The molecule has 0 spiro atoms. The van der Waals surface area contributed by atoms with Crippen LogP contribution in [0.2, 0.25) is 0 Å². The molecule has 1 N–H and O–H groups in total. The summed E-state index contributed by atoms with van der Waals surface area (Å²) in [7, 11) is -3.67. The topological polar surface area (TPSA) is 66.5 Å². The molecule has 1 aliphatic heterocycles. The summed E-state index contributed by atoms with van der Waals surface area (Å²) >= 11 is 0. The number of rotatable bonds is 5. The average Bonchev–Trinajstić information content (AvgIpc) is 3.15. The smallest absolute Gasteiger partial charge is 0.253 e. The summed E-state index contributed by atoms with van der Waals surface area (Å²) in [5, 5.41) is 0. The largest absolute Gasteiger partial charge is 0.339 e. The Morgan fingerprint density at radius 1 is 1.08 bits per heavy atom. The van der Waals surface area contributed by atoms with Gasteiger partial charge in [-0.25, -0.2) is 13.1 Å². The van der Waals surface area contributed by atoms with Gasteiger partial charge in [-0.05, 0) is 43.5 Å². The van der Waals surface area contributed by atoms with E-state index in [1.165, 1.54) is 12.1 Å². The molecule has 0 atom stereocenters. The lowest BCUT2D eigenvalue weighted by Gasteiger charge is -2.15. The number of aryl methyl sites for hydroxylation is 1. The highest BCUT2D eigenvalue weighted by Gasteiger charge is 2.21. The lowest BCUT2D eigenvalue weighted by molar-refractivity contribution is 0.0792. The van der Waals surface area contributed by atoms with E-state index in [4.69, 9.17) is 0 Å². The normalized spacial score (nSPS) is 14.7. The third-order valence-corrected chi connectivity index (χ3v) is 5.77. The molecular weight excluding hydrogens is 336 g/mol. The van der Waals surface area contributed by atoms with Crippen LogP contribution < -0.4 is 4.72 Å². The maximum Gasteiger partial charge on any atom is 0.253 e. The number of nitrogens with zero attached hydrogens (tertiary/aromatic N) is 1. The summed E-state index contributed by atoms with van der Waals surface area (Å²) in [6.45, 7) is 3.67. The van der Waals surface area contributed by atoms with Gasteiger partial charge in [-0.3, -0.25) is 4.79 Å². The number of sulfonamides is 1. The molecule has 0 unspecified atom stereocenters. The first-order chi connectivity index (χ1) is 12.0. The van der Waals surface area contributed by atoms with E-state index in [1.54, 1.807) is 17.0 Å². The van der Waals surface area contributed by atoms with Gasteiger partial charge in [0.1, 0.15) is 0 Å². The Bertz CT molecular complexity index is 854. The van der Waals surface area contributed by atoms with E-state index in [1.807, 2.05) is 31.2 Å². The molecule has 6 heteroatoms. The fraction of sp³-hybridized carbons (Fsp3) is 0.316. The van der Waals surface area contributed by atoms with Crippen molar-refractivity contribution in [3.8, 4) is 0 Å². The molecule has 0 aromatic heterocycles. The molecule has 1 heterocycles. The Hall–Kier alpha value is -2.18. The minimum atomic E-state index is -3.67. The number of hydrogen-bond donors (Lipinski definition) is 1. The van der Waals surface area contributed by atoms with Gasteiger partial charge in [0.15, 0.2) is 0 Å². The summed E-state index contributed by atoms with van der Waals surface area (Å²) < 4.78 is 27.7. The van der Waals surface area contributed by atoms with E-state index in [0.717, 1.165) is 37.1 Å². The number of carbonyl (C=O) groups is 1. The molecule has 1 amide bonds. The van der Waals surface area contributed by atoms with Crippen molar-refractivity contribution in [2.45, 2.75) is 31.2 Å². The van der Waals surface area contributed by atoms with Crippen molar-refractivity contribution in [2.75, 3.05) is 13.1 Å². The van der Waals surface area contributed by atoms with Crippen molar-refractivity contribution in [1.29, 1.82) is 0 Å². The average molecular weight is 358 g/mol. The Kier molecular flexibility index (Phi) is 5.20. The van der Waals surface area contributed by atoms with Crippen LogP contribution in [0, 0.1) is 6.92 Å². The fourth-order valence-corrected chi connectivity index (χ4v) is 3.93. The molecular formula is C19H22N2O3S. The molecule has 0 bridgehead atoms. The Morgan fingerprint density at radius 3 is 2.44 bits per heavy atom. The highest BCUT2D eigenvalue weighted by atomic mass is 32.2. The van der Waals surface area contributed by atoms with Crippen molar-refractivity contribution in [1.82, 2.24) is 9.62 Å². The molecule has 0 aliphatic carbocycles. The third-order valence-electron chi connectivity index (χ3n) is 4.37. The number of amides is 1. The number of likely N-dealkylation sites (tertiary alicyclic amines) is 1. The molecule has 5 nitrogen and oxygen atoms in total. The van der Waals surface area contributed by atoms with Gasteiger partial charge in [0.25, 0.3) is 5.91 Å². The lowest BCUT2D eigenvalue weighted by atomic mass is 10.2. The highest BCUT2D eigenvalue weighted by Crippen LogP contribution is 2.17. The summed E-state index contributed by atoms with van der Waals surface area (Å²) in [5.74, 6) is -0.104. The van der Waals surface area contributed by atoms with Crippen LogP contribution in [-0.4, -0.2) is 32.3 Å². The lowest BCUT2D eigenvalue weighted by Crippen LogP contribution is -2.28. The second kappa shape index (κ2) is 7.37. The summed E-state index contributed by atoms with van der Waals surface area (Å²) in [5.41, 5.74) is 2.43. The van der Waals surface area contributed by atoms with Gasteiger partial charge in [0.05, 0.1) is 4.90 Å². The van der Waals surface area contributed by atoms with E-state index < -0.39 is 10.0 Å². The molecule has 1 aliphatic rings. The molecule has 132 valence electrons. The summed E-state index contributed by atoms with van der Waals surface area (Å²) in [6.07, 6.45) is 2.00. The zero-order chi connectivity index (χ0) is 17.9. The standard InChI is InChI=1S/C19H22N2O3S/c1-15-7-9-16(10-8-15)14-20-25(23,24)18-6-4-5-17(13-18)19(22)21-11-2-3-12-21/h4-10,13,20H,2-3,11-12,14H2,1H3. The molecule has 25 heavy (non-hydrogen) atoms. The Balaban J connectivity index is 1.74. The maximum absolute atomic E-state index is 12.5. The zero-order valence-electron chi connectivity index (χ0n) is 14.2. The first kappa shape index (κ1) is 17.6. The first-order valence-electron chi connectivity index (χ1n) is 8.40. The fourth-order valence-electron chi connectivity index (χ4n) is 2.87. The molecule has 2 aromatic rings. The van der Waals surface area contributed by atoms with Crippen LogP contribution in [0.25, 0.3) is 0 Å². The molecule has 1 saturated heterocycles. The van der Waals surface area contributed by atoms with Crippen molar-refractivity contribution in [3.63, 3.8) is 0 Å². The van der Waals surface area contributed by atoms with Crippen LogP contribution in [0.5, 0.6) is 0 Å². The summed E-state index contributed by atoms with van der Waals surface area (Å²) in [6, 6.07) is 13.9. The van der Waals surface area contributed by atoms with Gasteiger partial charge in [-0.15, -0.1) is 0 Å². The van der Waals surface area contributed by atoms with Crippen LogP contribution in [0.4, 0.5) is 0 Å². The number of nitrogens with one attached hydrogen (secondary N) is 1. The number of benzene rings is 2. The van der Waals surface area contributed by atoms with Gasteiger partial charge >= 0.3 is 0 Å². The summed E-state index contributed by atoms with van der Waals surface area (Å²) in [4.78, 5) is 14.3. The van der Waals surface area contributed by atoms with Crippen LogP contribution in [-0.2, 0) is 16.6 Å². The van der Waals surface area contributed by atoms with Gasteiger partial charge in [0.2, 0.25) is 10.0 Å². The second-order valence-electron chi connectivity index (χ2n) is 6.34. The van der Waals surface area contributed by atoms with Crippen molar-refractivity contribution < 1.29 is 13.2 Å². The van der Waals surface area contributed by atoms with Crippen molar-refractivity contribution in [3.05, 3.63) is 65.2 Å². The monoisotopic (exact) mass is 358 g/mol. The van der Waals surface area contributed by atoms with Crippen LogP contribution >= 0.6 is 0 Å². The molecule has 0 saturated carbocycles. The first-order valence-corrected chi connectivity index (χ1v) is 9.88. The minimum Gasteiger partial charge on any atom is -0.339 e. The van der Waals surface area contributed by atoms with Gasteiger partial charge in [-0.2, -0.15) is 0 Å². The molecule has 3 rings (SSSR count). The predicted molar refractivity (Wildman–Crippen MR) is 96.8 cm³/mol. The molecule has 0 radical (unpaired) electrons. The van der Waals surface area contributed by atoms with E-state index in [0.29, 0.717) is 5.56 Å². The van der Waals surface area contributed by atoms with E-state index in [-0.39, 0.29) is 17.3 Å². The Labute approximate surface area is 148 Å². The quantitative estimate of drug-likeness (QED) is 0.894. The van der Waals surface area contributed by atoms with Gasteiger partial charge in [0, 0.05) is 25.2 Å². The van der Waals surface area contributed by atoms with Crippen molar-refractivity contribution in [2.24, 2.45) is 0 Å². The zero-order valence-corrected chi connectivity index (χ0v) is 15.1. The van der Waals surface area contributed by atoms with E-state index >= 15 is 0 Å². The molecule has 2 aromatic carbocycles. The SMILES string of the molecule is Cc1ccc(CNS(=O)(=O)c2cccc(C(=O)N3CCCC3)c2)cc1. The number of hydrogen-bond acceptors (Lipinski definition) is 3. The van der Waals surface area contributed by atoms with Crippen molar-refractivity contribution >= 4 is 15.9 Å². The minimum absolute atomic E-state index is 0.104. The second-order valence-corrected chi connectivity index (χ2v) is 8.10. The highest BCUT2D eigenvalue weighted by molar-refractivity contribution is 7.89. The Morgan fingerprint density at radius 2 is 1.76 bits per heavy atom. The number of carbonyl (C=O) groups excluding carboxylic acids is 1. The van der Waals surface area contributed by atoms with Gasteiger partial charge < -0.3 is 4.90 Å². The predicted octanol–water partition coefficient (Wildman–Crippen LogP) is 2.71. The van der Waals surface area contributed by atoms with Crippen LogP contribution in [0.1, 0.15) is 34.3 Å². The van der Waals surface area contributed by atoms with Crippen LogP contribution in [0.3, 0.4) is 0 Å². The van der Waals surface area contributed by atoms with E-state index in [2.05, 4.69) is 4.72 Å². The van der Waals surface area contributed by atoms with E-state index in [9.17, 15) is 13.2 Å². The van der Waals surface area contributed by atoms with Crippen LogP contribution in [0.15, 0.2) is 53.4 Å². The molecule has 1 fully saturated rings. The maximum atomic E-state index is 12.5. The van der Waals surface area contributed by atoms with Gasteiger partial charge in [-0.1, -0.05) is 35.9 Å². The third kappa shape index (κ3) is 4.27.